The number of nitrogens with zero attached hydrogens (tertiary/aromatic N) is 1. The van der Waals surface area contributed by atoms with Crippen molar-refractivity contribution in [3.8, 4) is 11.1 Å². The predicted octanol–water partition coefficient (Wildman–Crippen LogP) is 8.29. The van der Waals surface area contributed by atoms with E-state index in [-0.39, 0.29) is 0 Å². The molecule has 0 bridgehead atoms. The Bertz CT molecular complexity index is 1510. The summed E-state index contributed by atoms with van der Waals surface area (Å²) < 4.78 is 351. The molecule has 1 aromatic heterocycles. The van der Waals surface area contributed by atoms with Gasteiger partial charge >= 0.3 is 59.7 Å². The summed E-state index contributed by atoms with van der Waals surface area (Å²) in [6, 6.07) is 0. The zero-order valence-electron chi connectivity index (χ0n) is 20.2. The lowest BCUT2D eigenvalue weighted by Gasteiger charge is -2.44. The molecule has 1 heterocycles. The summed E-state index contributed by atoms with van der Waals surface area (Å²) in [7, 11) is 0. The van der Waals surface area contributed by atoms with Crippen molar-refractivity contribution in [1.82, 2.24) is 0 Å². The van der Waals surface area contributed by atoms with Gasteiger partial charge < -0.3 is 0 Å². The van der Waals surface area contributed by atoms with Gasteiger partial charge in [0, 0.05) is 0 Å². The van der Waals surface area contributed by atoms with Gasteiger partial charge in [0.1, 0.15) is 0 Å². The van der Waals surface area contributed by atoms with Crippen LogP contribution >= 0.6 is 0 Å². The van der Waals surface area contributed by atoms with Crippen molar-refractivity contribution in [3.63, 3.8) is 0 Å². The highest BCUT2D eigenvalue weighted by Gasteiger charge is 3.00. The molecule has 2 rings (SSSR count). The predicted molar refractivity (Wildman–Crippen MR) is 89.0 cm³/mol. The summed E-state index contributed by atoms with van der Waals surface area (Å²) in [5, 5.41) is 0. The second kappa shape index (κ2) is 10.9. The lowest BCUT2D eigenvalue weighted by atomic mass is 9.82. The molecule has 2 aromatic rings. The van der Waals surface area contributed by atoms with Crippen molar-refractivity contribution in [3.05, 3.63) is 52.6 Å². The SMILES string of the molecule is Fc1c(F)c(F)c(-c2c(F)c(F)[n+](OC(F)(F)C(F)(C(F)(F)C(F)(F)F)C(F)(F)C(F)(F)C(F)(F)C(F)(F)F)c(F)c2F)c(F)c1F. The molecule has 268 valence electrons. The Kier molecular flexibility index (Phi) is 9.20. The van der Waals surface area contributed by atoms with Gasteiger partial charge in [-0.1, -0.05) is 0 Å². The Labute approximate surface area is 236 Å². The van der Waals surface area contributed by atoms with E-state index in [1.807, 2.05) is 4.84 Å². The maximum atomic E-state index is 14.8. The van der Waals surface area contributed by atoms with Crippen LogP contribution in [-0.2, 0) is 0 Å². The van der Waals surface area contributed by atoms with E-state index < -0.39 is 116 Å². The van der Waals surface area contributed by atoms with Crippen molar-refractivity contribution in [2.75, 3.05) is 0 Å². The fraction of sp³-hybridized carbons (Fsp3) is 0.421. The second-order valence-corrected chi connectivity index (χ2v) is 8.38. The van der Waals surface area contributed by atoms with Gasteiger partial charge in [-0.2, -0.15) is 83.9 Å². The van der Waals surface area contributed by atoms with E-state index in [1.165, 1.54) is 0 Å². The van der Waals surface area contributed by atoms with Gasteiger partial charge in [-0.3, -0.25) is 0 Å². The van der Waals surface area contributed by atoms with Crippen LogP contribution in [0.1, 0.15) is 0 Å². The van der Waals surface area contributed by atoms with Gasteiger partial charge in [-0.15, -0.1) is 8.78 Å². The van der Waals surface area contributed by atoms with Crippen LogP contribution in [0.15, 0.2) is 0 Å². The fourth-order valence-electron chi connectivity index (χ4n) is 3.22. The molecule has 0 aliphatic heterocycles. The van der Waals surface area contributed by atoms with Crippen LogP contribution in [0, 0.1) is 52.6 Å². The topological polar surface area (TPSA) is 13.1 Å². The minimum absolute atomic E-state index is 1.93. The number of rotatable bonds is 8. The van der Waals surface area contributed by atoms with E-state index in [9.17, 15) is 114 Å². The quantitative estimate of drug-likeness (QED) is 0.0871. The number of alkyl halides is 17. The van der Waals surface area contributed by atoms with Crippen LogP contribution in [0.5, 0.6) is 0 Å². The lowest BCUT2D eigenvalue weighted by molar-refractivity contribution is -0.961. The smallest absolute Gasteiger partial charge is 0.218 e. The summed E-state index contributed by atoms with van der Waals surface area (Å²) >= 11 is 0. The highest BCUT2D eigenvalue weighted by Crippen LogP contribution is 2.65. The third-order valence-corrected chi connectivity index (χ3v) is 5.59. The number of hydrogen-bond donors (Lipinski definition) is 0. The molecular formula is C19F26NO+. The molecule has 0 radical (unpaired) electrons. The largest absolute Gasteiger partial charge is 0.506 e. The maximum absolute atomic E-state index is 14.8. The standard InChI is InChI=1S/C19F26NO/c20-3-1(4(21)8(25)9(26)7(3)24)2-5(22)10(27)46(11(28)6(2)23)47-19(44,45)12(29,14(32,33)17(38,39)40)13(30,31)15(34,35)16(36,37)18(41,42)43/q+1. The molecule has 47 heavy (non-hydrogen) atoms. The third kappa shape index (κ3) is 5.09. The second-order valence-electron chi connectivity index (χ2n) is 8.38. The number of pyridine rings is 1. The number of hydrogen-bond acceptors (Lipinski definition) is 1. The van der Waals surface area contributed by atoms with Gasteiger partial charge in [0.25, 0.3) is 0 Å². The van der Waals surface area contributed by atoms with Gasteiger partial charge in [0.15, 0.2) is 23.3 Å². The van der Waals surface area contributed by atoms with Gasteiger partial charge in [0.2, 0.25) is 17.5 Å². The zero-order valence-corrected chi connectivity index (χ0v) is 20.2. The molecule has 0 saturated carbocycles. The lowest BCUT2D eigenvalue weighted by Crippen LogP contribution is -2.81. The fourth-order valence-corrected chi connectivity index (χ4v) is 3.22. The molecule has 1 unspecified atom stereocenters. The minimum atomic E-state index is -9.50. The number of halogens is 26. The molecule has 0 aliphatic rings. The Morgan fingerprint density at radius 1 is 0.340 bits per heavy atom. The van der Waals surface area contributed by atoms with E-state index in [4.69, 9.17) is 0 Å². The van der Waals surface area contributed by atoms with Gasteiger partial charge in [0.05, 0.1) is 15.9 Å². The Morgan fingerprint density at radius 2 is 0.638 bits per heavy atom. The first-order valence-corrected chi connectivity index (χ1v) is 10.2. The molecule has 1 aromatic carbocycles. The van der Waals surface area contributed by atoms with Crippen molar-refractivity contribution >= 4 is 0 Å². The van der Waals surface area contributed by atoms with Gasteiger partial charge in [-0.25, -0.2) is 26.3 Å². The first kappa shape index (κ1) is 39.5. The summed E-state index contributed by atoms with van der Waals surface area (Å²) in [5.41, 5.74) is -15.9. The molecule has 0 N–H and O–H groups in total. The van der Waals surface area contributed by atoms with E-state index in [2.05, 4.69) is 0 Å². The number of aromatic nitrogens is 1. The van der Waals surface area contributed by atoms with E-state index in [0.29, 0.717) is 0 Å². The number of benzene rings is 1. The van der Waals surface area contributed by atoms with Crippen LogP contribution in [0.2, 0.25) is 0 Å². The summed E-state index contributed by atoms with van der Waals surface area (Å²) in [4.78, 5) is 1.93. The summed E-state index contributed by atoms with van der Waals surface area (Å²) in [6.45, 7) is 0. The average molecular weight is 752 g/mol. The highest BCUT2D eigenvalue weighted by atomic mass is 19.4. The molecule has 0 amide bonds. The minimum Gasteiger partial charge on any atom is -0.218 e. The highest BCUT2D eigenvalue weighted by molar-refractivity contribution is 5.66. The molecule has 0 spiro atoms. The molecule has 0 saturated heterocycles. The van der Waals surface area contributed by atoms with Crippen molar-refractivity contribution in [1.29, 1.82) is 0 Å². The maximum Gasteiger partial charge on any atom is 0.506 e. The first-order chi connectivity index (χ1) is 20.5. The van der Waals surface area contributed by atoms with Crippen molar-refractivity contribution < 1.29 is 124 Å². The van der Waals surface area contributed by atoms with E-state index >= 15 is 0 Å². The molecule has 2 nitrogen and oxygen atoms in total. The monoisotopic (exact) mass is 752 g/mol. The van der Waals surface area contributed by atoms with Crippen LogP contribution in [0.3, 0.4) is 0 Å². The van der Waals surface area contributed by atoms with Crippen molar-refractivity contribution in [2.24, 2.45) is 0 Å². The Hall–Kier alpha value is -3.65. The van der Waals surface area contributed by atoms with Gasteiger partial charge in [-0.05, 0) is 0 Å². The average Bonchev–Trinajstić information content (AvgIpc) is 2.91. The van der Waals surface area contributed by atoms with Crippen molar-refractivity contribution in [2.45, 2.75) is 47.8 Å². The van der Waals surface area contributed by atoms with Crippen LogP contribution in [0.25, 0.3) is 11.1 Å². The van der Waals surface area contributed by atoms with Crippen LogP contribution in [0.4, 0.5) is 114 Å². The Balaban J connectivity index is 3.06. The molecular weight excluding hydrogens is 752 g/mol. The Morgan fingerprint density at radius 3 is 0.957 bits per heavy atom. The molecule has 0 fully saturated rings. The van der Waals surface area contributed by atoms with Crippen LogP contribution in [-0.4, -0.2) is 47.8 Å². The van der Waals surface area contributed by atoms with E-state index in [1.54, 1.807) is 0 Å². The first-order valence-electron chi connectivity index (χ1n) is 10.2. The molecule has 1 atom stereocenters. The zero-order chi connectivity index (χ0) is 37.6. The normalized spacial score (nSPS) is 15.6. The van der Waals surface area contributed by atoms with E-state index in [0.717, 1.165) is 0 Å². The summed E-state index contributed by atoms with van der Waals surface area (Å²) in [6.07, 6.45) is -25.5. The summed E-state index contributed by atoms with van der Waals surface area (Å²) in [5.74, 6) is -69.2. The molecule has 0 aliphatic carbocycles. The molecule has 28 heteroatoms. The third-order valence-electron chi connectivity index (χ3n) is 5.59. The van der Waals surface area contributed by atoms with Crippen LogP contribution < -0.4 is 9.57 Å².